The number of benzene rings is 1. The van der Waals surface area contributed by atoms with E-state index in [0.29, 0.717) is 0 Å². The smallest absolute Gasteiger partial charge is 0.158 e. The van der Waals surface area contributed by atoms with Crippen LogP contribution in [-0.2, 0) is 11.2 Å². The number of ether oxygens (including phenoxy) is 1. The Morgan fingerprint density at radius 3 is 1.76 bits per heavy atom. The van der Waals surface area contributed by atoms with Crippen LogP contribution in [0.2, 0.25) is 0 Å². The quantitative estimate of drug-likeness (QED) is 0.242. The van der Waals surface area contributed by atoms with E-state index < -0.39 is 31.0 Å². The molecule has 0 amide bonds. The van der Waals surface area contributed by atoms with Gasteiger partial charge in [0, 0.05) is 0 Å². The highest BCUT2D eigenvalue weighted by molar-refractivity contribution is 5.39. The molecule has 1 fully saturated rings. The van der Waals surface area contributed by atoms with Gasteiger partial charge in [0.05, 0.1) is 6.61 Å². The highest BCUT2D eigenvalue weighted by atomic mass is 16.5. The molecule has 4 N–H and O–H groups in total. The van der Waals surface area contributed by atoms with Crippen molar-refractivity contribution in [1.82, 2.24) is 0 Å². The Hall–Kier alpha value is -0.980. The van der Waals surface area contributed by atoms with E-state index >= 15 is 0 Å². The first-order valence-electron chi connectivity index (χ1n) is 13.4. The molecule has 5 heteroatoms. The van der Waals surface area contributed by atoms with Gasteiger partial charge in [0.2, 0.25) is 0 Å². The number of aliphatic hydroxyl groups excluding tert-OH is 4. The van der Waals surface area contributed by atoms with Crippen molar-refractivity contribution < 1.29 is 25.2 Å². The maximum atomic E-state index is 10.4. The maximum absolute atomic E-state index is 10.4. The van der Waals surface area contributed by atoms with Gasteiger partial charge in [0.15, 0.2) is 6.10 Å². The van der Waals surface area contributed by atoms with Crippen LogP contribution in [0.15, 0.2) is 24.3 Å². The summed E-state index contributed by atoms with van der Waals surface area (Å²) in [5.41, 5.74) is 1.81. The molecule has 1 aromatic rings. The van der Waals surface area contributed by atoms with Gasteiger partial charge < -0.3 is 25.2 Å². The van der Waals surface area contributed by atoms with E-state index in [1.165, 1.54) is 83.5 Å². The molecule has 1 aliphatic heterocycles. The third kappa shape index (κ3) is 9.65. The van der Waals surface area contributed by atoms with Crippen LogP contribution >= 0.6 is 0 Å². The van der Waals surface area contributed by atoms with Crippen molar-refractivity contribution in [3.05, 3.63) is 41.5 Å². The second-order valence-electron chi connectivity index (χ2n) is 9.63. The second kappa shape index (κ2) is 16.6. The summed E-state index contributed by atoms with van der Waals surface area (Å²) in [6.07, 6.45) is 14.7. The zero-order valence-corrected chi connectivity index (χ0v) is 20.6. The van der Waals surface area contributed by atoms with Crippen LogP contribution in [0.4, 0.5) is 0 Å². The van der Waals surface area contributed by atoms with Gasteiger partial charge in [-0.3, -0.25) is 0 Å². The summed E-state index contributed by atoms with van der Waals surface area (Å²) in [4.78, 5) is 0. The van der Waals surface area contributed by atoms with E-state index in [1.54, 1.807) is 0 Å². The molecule has 4 atom stereocenters. The Morgan fingerprint density at radius 1 is 0.697 bits per heavy atom. The molecule has 2 rings (SSSR count). The Kier molecular flexibility index (Phi) is 14.2. The Morgan fingerprint density at radius 2 is 1.21 bits per heavy atom. The molecule has 0 aromatic heterocycles. The van der Waals surface area contributed by atoms with Crippen molar-refractivity contribution in [3.63, 3.8) is 0 Å². The molecule has 33 heavy (non-hydrogen) atoms. The van der Waals surface area contributed by atoms with Crippen LogP contribution in [0.25, 0.3) is 0 Å². The van der Waals surface area contributed by atoms with Crippen molar-refractivity contribution >= 4 is 0 Å². The largest absolute Gasteiger partial charge is 0.394 e. The second-order valence-corrected chi connectivity index (χ2v) is 9.63. The van der Waals surface area contributed by atoms with Crippen LogP contribution in [-0.4, -0.2) is 51.4 Å². The molecular weight excluding hydrogens is 416 g/mol. The van der Waals surface area contributed by atoms with Crippen molar-refractivity contribution in [2.75, 3.05) is 6.61 Å². The zero-order chi connectivity index (χ0) is 23.9. The number of hydrogen-bond donors (Lipinski definition) is 4. The molecule has 0 saturated carbocycles. The van der Waals surface area contributed by atoms with E-state index in [9.17, 15) is 20.4 Å². The standard InChI is InChI=1S/C28H47O5/c1-2-3-4-5-6-7-8-9-10-11-12-13-14-15-18-22-19-16-17-20-23(22)28-27(32)26(31)25(30)24(21-29)33-28/h16-17,19-20,24-27,29-32H,2-15,18,21H2,1H3/t24-,25-,26+,27+/m1/s1. The number of rotatable bonds is 17. The first-order chi connectivity index (χ1) is 16.1. The van der Waals surface area contributed by atoms with E-state index in [0.717, 1.165) is 24.0 Å². The third-order valence-corrected chi connectivity index (χ3v) is 6.86. The van der Waals surface area contributed by atoms with Gasteiger partial charge in [-0.1, -0.05) is 115 Å². The average molecular weight is 464 g/mol. The number of hydrogen-bond acceptors (Lipinski definition) is 5. The lowest BCUT2D eigenvalue weighted by atomic mass is 9.88. The molecule has 189 valence electrons. The Bertz CT molecular complexity index is 620. The fourth-order valence-corrected chi connectivity index (χ4v) is 4.72. The fourth-order valence-electron chi connectivity index (χ4n) is 4.72. The van der Waals surface area contributed by atoms with E-state index in [4.69, 9.17) is 4.74 Å². The maximum Gasteiger partial charge on any atom is 0.158 e. The zero-order valence-electron chi connectivity index (χ0n) is 20.6. The number of aliphatic hydroxyl groups is 4. The monoisotopic (exact) mass is 463 g/mol. The summed E-state index contributed by atoms with van der Waals surface area (Å²) in [6, 6.07) is 7.73. The predicted octanol–water partition coefficient (Wildman–Crippen LogP) is 5.06. The number of aryl methyl sites for hydroxylation is 1. The van der Waals surface area contributed by atoms with Gasteiger partial charge in [-0.15, -0.1) is 0 Å². The summed E-state index contributed by atoms with van der Waals surface area (Å²) >= 11 is 0. The van der Waals surface area contributed by atoms with Crippen LogP contribution in [0.5, 0.6) is 0 Å². The molecule has 5 nitrogen and oxygen atoms in total. The SMILES string of the molecule is CCCCCCCCCCCCCCCCc1ccccc1[C]1O[C@H](CO)[C@@H](O)[C@H](O)[C@@H]1O. The first kappa shape index (κ1) is 28.3. The third-order valence-electron chi connectivity index (χ3n) is 6.86. The summed E-state index contributed by atoms with van der Waals surface area (Å²) in [5, 5.41) is 40.0. The molecule has 1 aliphatic rings. The summed E-state index contributed by atoms with van der Waals surface area (Å²) in [5.74, 6) is 0. The van der Waals surface area contributed by atoms with E-state index in [2.05, 4.69) is 6.92 Å². The van der Waals surface area contributed by atoms with Gasteiger partial charge >= 0.3 is 0 Å². The molecule has 1 radical (unpaired) electrons. The first-order valence-corrected chi connectivity index (χ1v) is 13.4. The lowest BCUT2D eigenvalue weighted by Crippen LogP contribution is -2.55. The molecule has 0 aliphatic carbocycles. The van der Waals surface area contributed by atoms with Crippen molar-refractivity contribution in [2.24, 2.45) is 0 Å². The van der Waals surface area contributed by atoms with Gasteiger partial charge in [-0.2, -0.15) is 0 Å². The van der Waals surface area contributed by atoms with Gasteiger partial charge in [0.25, 0.3) is 0 Å². The van der Waals surface area contributed by atoms with Crippen LogP contribution in [0, 0.1) is 6.10 Å². The van der Waals surface area contributed by atoms with Gasteiger partial charge in [-0.05, 0) is 24.0 Å². The molecule has 1 heterocycles. The van der Waals surface area contributed by atoms with Gasteiger partial charge in [0.1, 0.15) is 24.4 Å². The molecule has 0 bridgehead atoms. The minimum Gasteiger partial charge on any atom is -0.394 e. The topological polar surface area (TPSA) is 90.2 Å². The highest BCUT2D eigenvalue weighted by Crippen LogP contribution is 2.33. The summed E-state index contributed by atoms with van der Waals surface area (Å²) in [6.45, 7) is 1.85. The van der Waals surface area contributed by atoms with Crippen molar-refractivity contribution in [2.45, 2.75) is 128 Å². The molecule has 0 spiro atoms. The molecule has 0 unspecified atom stereocenters. The van der Waals surface area contributed by atoms with E-state index in [-0.39, 0.29) is 6.10 Å². The molecule has 1 saturated heterocycles. The predicted molar refractivity (Wildman–Crippen MR) is 133 cm³/mol. The van der Waals surface area contributed by atoms with Crippen LogP contribution in [0.3, 0.4) is 0 Å². The normalized spacial score (nSPS) is 23.8. The minimum atomic E-state index is -1.37. The minimum absolute atomic E-state index is 0.243. The van der Waals surface area contributed by atoms with Crippen molar-refractivity contribution in [3.8, 4) is 0 Å². The average Bonchev–Trinajstić information content (AvgIpc) is 2.83. The lowest BCUT2D eigenvalue weighted by molar-refractivity contribution is -0.184. The Balaban J connectivity index is 1.63. The highest BCUT2D eigenvalue weighted by Gasteiger charge is 2.45. The summed E-state index contributed by atoms with van der Waals surface area (Å²) < 4.78 is 5.69. The summed E-state index contributed by atoms with van der Waals surface area (Å²) in [7, 11) is 0. The molecular formula is C28H47O5. The number of unbranched alkanes of at least 4 members (excludes halogenated alkanes) is 13. The fraction of sp³-hybridized carbons (Fsp3) is 0.750. The molecule has 1 aromatic carbocycles. The van der Waals surface area contributed by atoms with Gasteiger partial charge in [-0.25, -0.2) is 0 Å². The van der Waals surface area contributed by atoms with Crippen molar-refractivity contribution in [1.29, 1.82) is 0 Å². The van der Waals surface area contributed by atoms with Crippen LogP contribution < -0.4 is 0 Å². The van der Waals surface area contributed by atoms with E-state index in [1.807, 2.05) is 24.3 Å². The van der Waals surface area contributed by atoms with Crippen LogP contribution in [0.1, 0.15) is 108 Å². The Labute approximate surface area is 201 Å². The lowest BCUT2D eigenvalue weighted by Gasteiger charge is -2.40.